The summed E-state index contributed by atoms with van der Waals surface area (Å²) >= 11 is 0. The van der Waals surface area contributed by atoms with Crippen LogP contribution in [0.3, 0.4) is 0 Å². The van der Waals surface area contributed by atoms with Gasteiger partial charge in [-0.15, -0.1) is 0 Å². The molecular weight excluding hydrogens is 536 g/mol. The minimum Gasteiger partial charge on any atom is -0.309 e. The molecule has 0 saturated heterocycles. The summed E-state index contributed by atoms with van der Waals surface area (Å²) in [6, 6.07) is 48.4. The van der Waals surface area contributed by atoms with Gasteiger partial charge in [0.1, 0.15) is 5.82 Å². The molecule has 9 aromatic rings. The molecule has 6 aromatic carbocycles. The van der Waals surface area contributed by atoms with Crippen molar-refractivity contribution < 1.29 is 0 Å². The maximum Gasteiger partial charge on any atom is 0.124 e. The second-order valence-electron chi connectivity index (χ2n) is 12.5. The maximum atomic E-state index is 5.17. The number of para-hydroxylation sites is 6. The Bertz CT molecular complexity index is 2630. The van der Waals surface area contributed by atoms with E-state index in [1.54, 1.807) is 0 Å². The summed E-state index contributed by atoms with van der Waals surface area (Å²) in [6.45, 7) is 4.60. The van der Waals surface area contributed by atoms with Gasteiger partial charge >= 0.3 is 0 Å². The van der Waals surface area contributed by atoms with E-state index < -0.39 is 0 Å². The fourth-order valence-corrected chi connectivity index (χ4v) is 7.79. The van der Waals surface area contributed by atoms with Crippen molar-refractivity contribution in [2.24, 2.45) is 0 Å². The lowest BCUT2D eigenvalue weighted by atomic mass is 9.85. The Morgan fingerprint density at radius 1 is 0.477 bits per heavy atom. The Labute approximate surface area is 254 Å². The molecule has 4 heterocycles. The average Bonchev–Trinajstić information content (AvgIpc) is 3.76. The Morgan fingerprint density at radius 3 is 1.84 bits per heavy atom. The molecule has 0 radical (unpaired) electrons. The fraction of sp³-hybridized carbons (Fsp3) is 0.0750. The Hall–Kier alpha value is -5.61. The number of nitrogens with zero attached hydrogens (tertiary/aromatic N) is 4. The van der Waals surface area contributed by atoms with Crippen molar-refractivity contribution in [2.75, 3.05) is 0 Å². The summed E-state index contributed by atoms with van der Waals surface area (Å²) < 4.78 is 7.29. The number of rotatable bonds is 2. The SMILES string of the molecule is CC1(C)c2cccc(-n3c4ccccc4c4cc5c6ccccc6n(-c6ccccc6)c5cc43)c2-n2c1nc1ccccc12. The Morgan fingerprint density at radius 2 is 1.09 bits per heavy atom. The number of aromatic nitrogens is 4. The maximum absolute atomic E-state index is 5.17. The van der Waals surface area contributed by atoms with Crippen LogP contribution in [0.4, 0.5) is 0 Å². The molecule has 0 spiro atoms. The topological polar surface area (TPSA) is 27.7 Å². The Balaban J connectivity index is 1.38. The van der Waals surface area contributed by atoms with Gasteiger partial charge in [0.25, 0.3) is 0 Å². The highest BCUT2D eigenvalue weighted by Crippen LogP contribution is 2.48. The van der Waals surface area contributed by atoms with Crippen LogP contribution in [0, 0.1) is 0 Å². The third-order valence-electron chi connectivity index (χ3n) is 9.75. The third-order valence-corrected chi connectivity index (χ3v) is 9.75. The van der Waals surface area contributed by atoms with Crippen LogP contribution in [0.15, 0.2) is 133 Å². The summed E-state index contributed by atoms with van der Waals surface area (Å²) in [5.74, 6) is 1.09. The number of benzene rings is 6. The molecule has 4 nitrogen and oxygen atoms in total. The van der Waals surface area contributed by atoms with E-state index in [2.05, 4.69) is 161 Å². The molecule has 0 N–H and O–H groups in total. The van der Waals surface area contributed by atoms with Crippen molar-refractivity contribution in [3.05, 3.63) is 145 Å². The van der Waals surface area contributed by atoms with Gasteiger partial charge in [-0.25, -0.2) is 4.98 Å². The fourth-order valence-electron chi connectivity index (χ4n) is 7.79. The average molecular weight is 565 g/mol. The van der Waals surface area contributed by atoms with E-state index in [1.165, 1.54) is 60.5 Å². The van der Waals surface area contributed by atoms with E-state index in [0.717, 1.165) is 22.5 Å². The van der Waals surface area contributed by atoms with Crippen LogP contribution >= 0.6 is 0 Å². The van der Waals surface area contributed by atoms with Gasteiger partial charge in [0.15, 0.2) is 0 Å². The largest absolute Gasteiger partial charge is 0.309 e. The van der Waals surface area contributed by atoms with Gasteiger partial charge in [-0.05, 0) is 74.0 Å². The quantitative estimate of drug-likeness (QED) is 0.205. The van der Waals surface area contributed by atoms with Crippen molar-refractivity contribution in [1.82, 2.24) is 18.7 Å². The monoisotopic (exact) mass is 564 g/mol. The number of imidazole rings is 1. The van der Waals surface area contributed by atoms with E-state index >= 15 is 0 Å². The number of hydrogen-bond acceptors (Lipinski definition) is 1. The van der Waals surface area contributed by atoms with Gasteiger partial charge in [-0.3, -0.25) is 4.57 Å². The third kappa shape index (κ3) is 2.90. The van der Waals surface area contributed by atoms with Crippen molar-refractivity contribution in [3.8, 4) is 17.1 Å². The van der Waals surface area contributed by atoms with Crippen LogP contribution in [-0.2, 0) is 5.41 Å². The van der Waals surface area contributed by atoms with E-state index in [9.17, 15) is 0 Å². The van der Waals surface area contributed by atoms with Gasteiger partial charge in [-0.1, -0.05) is 78.9 Å². The minimum atomic E-state index is -0.226. The van der Waals surface area contributed by atoms with E-state index in [4.69, 9.17) is 4.98 Å². The zero-order valence-corrected chi connectivity index (χ0v) is 24.5. The second-order valence-corrected chi connectivity index (χ2v) is 12.5. The Kier molecular flexibility index (Phi) is 4.49. The molecule has 0 aliphatic carbocycles. The lowest BCUT2D eigenvalue weighted by molar-refractivity contribution is 0.621. The summed E-state index contributed by atoms with van der Waals surface area (Å²) in [6.07, 6.45) is 0. The minimum absolute atomic E-state index is 0.226. The molecule has 4 heteroatoms. The summed E-state index contributed by atoms with van der Waals surface area (Å²) in [5.41, 5.74) is 11.6. The first-order valence-corrected chi connectivity index (χ1v) is 15.3. The summed E-state index contributed by atoms with van der Waals surface area (Å²) in [7, 11) is 0. The van der Waals surface area contributed by atoms with Gasteiger partial charge in [0.2, 0.25) is 0 Å². The molecule has 0 bridgehead atoms. The van der Waals surface area contributed by atoms with Crippen LogP contribution in [-0.4, -0.2) is 18.7 Å². The van der Waals surface area contributed by atoms with Crippen LogP contribution in [0.25, 0.3) is 71.7 Å². The van der Waals surface area contributed by atoms with Crippen LogP contribution in [0.2, 0.25) is 0 Å². The van der Waals surface area contributed by atoms with Gasteiger partial charge in [0.05, 0.1) is 49.9 Å². The predicted molar refractivity (Wildman–Crippen MR) is 182 cm³/mol. The molecule has 1 aliphatic heterocycles. The molecule has 3 aromatic heterocycles. The second kappa shape index (κ2) is 8.27. The first-order chi connectivity index (χ1) is 21.6. The molecule has 208 valence electrons. The lowest BCUT2D eigenvalue weighted by Gasteiger charge is -2.19. The lowest BCUT2D eigenvalue weighted by Crippen LogP contribution is -2.16. The normalized spacial score (nSPS) is 13.9. The molecule has 0 amide bonds. The van der Waals surface area contributed by atoms with Gasteiger partial charge in [-0.2, -0.15) is 0 Å². The highest BCUT2D eigenvalue weighted by atomic mass is 15.2. The molecular formula is C40H28N4. The van der Waals surface area contributed by atoms with Crippen LogP contribution in [0.5, 0.6) is 0 Å². The molecule has 44 heavy (non-hydrogen) atoms. The van der Waals surface area contributed by atoms with Gasteiger partial charge < -0.3 is 9.13 Å². The molecule has 0 unspecified atom stereocenters. The number of fused-ring (bicyclic) bond motifs is 11. The molecule has 0 fully saturated rings. The predicted octanol–water partition coefficient (Wildman–Crippen LogP) is 9.86. The molecule has 0 atom stereocenters. The molecule has 1 aliphatic rings. The van der Waals surface area contributed by atoms with E-state index in [1.807, 2.05) is 0 Å². The van der Waals surface area contributed by atoms with E-state index in [-0.39, 0.29) is 5.41 Å². The van der Waals surface area contributed by atoms with Crippen molar-refractivity contribution in [2.45, 2.75) is 19.3 Å². The van der Waals surface area contributed by atoms with Crippen molar-refractivity contribution in [1.29, 1.82) is 0 Å². The van der Waals surface area contributed by atoms with Crippen LogP contribution < -0.4 is 0 Å². The molecule has 10 rings (SSSR count). The summed E-state index contributed by atoms with van der Waals surface area (Å²) in [5, 5.41) is 5.05. The van der Waals surface area contributed by atoms with E-state index in [0.29, 0.717) is 0 Å². The highest BCUT2D eigenvalue weighted by molar-refractivity contribution is 6.19. The van der Waals surface area contributed by atoms with Crippen LogP contribution in [0.1, 0.15) is 25.2 Å². The smallest absolute Gasteiger partial charge is 0.124 e. The van der Waals surface area contributed by atoms with Crippen molar-refractivity contribution in [3.63, 3.8) is 0 Å². The zero-order chi connectivity index (χ0) is 29.2. The van der Waals surface area contributed by atoms with Gasteiger partial charge in [0, 0.05) is 27.2 Å². The zero-order valence-electron chi connectivity index (χ0n) is 24.5. The summed E-state index contributed by atoms with van der Waals surface area (Å²) in [4.78, 5) is 5.17. The first-order valence-electron chi connectivity index (χ1n) is 15.3. The molecule has 0 saturated carbocycles. The standard InChI is InChI=1S/C40H28N4/c1-40(2)30-17-12-22-35(38(30)44-34-21-11-8-18-31(34)41-39(40)44)43-33-20-10-7-16-27(33)29-23-28-26-15-6-9-19-32(26)42(36(28)24-37(29)43)25-13-4-3-5-14-25/h3-24H,1-2H3. The first kappa shape index (κ1) is 23.9. The number of hydrogen-bond donors (Lipinski definition) is 0. The highest BCUT2D eigenvalue weighted by Gasteiger charge is 2.40. The van der Waals surface area contributed by atoms with Crippen molar-refractivity contribution >= 4 is 54.6 Å².